The molecule has 6 nitrogen and oxygen atoms in total. The quantitative estimate of drug-likeness (QED) is 0.849. The molecule has 0 aromatic heterocycles. The van der Waals surface area contributed by atoms with Gasteiger partial charge >= 0.3 is 6.03 Å². The molecule has 2 saturated heterocycles. The average Bonchev–Trinajstić information content (AvgIpc) is 3.11. The molecule has 1 N–H and O–H groups in total. The van der Waals surface area contributed by atoms with Crippen molar-refractivity contribution in [2.75, 3.05) is 37.6 Å². The lowest BCUT2D eigenvalue weighted by Crippen LogP contribution is -2.53. The molecule has 2 aliphatic heterocycles. The zero-order valence-corrected chi connectivity index (χ0v) is 17.8. The zero-order chi connectivity index (χ0) is 21.1. The second kappa shape index (κ2) is 8.88. The Bertz CT molecular complexity index is 907. The Balaban J connectivity index is 1.27. The summed E-state index contributed by atoms with van der Waals surface area (Å²) in [5.74, 6) is 0.0660. The molecule has 158 valence electrons. The molecular formula is C24H30N4O2. The Hall–Kier alpha value is -2.86. The molecule has 2 aliphatic rings. The van der Waals surface area contributed by atoms with Crippen LogP contribution in [0.4, 0.5) is 10.5 Å². The second-order valence-corrected chi connectivity index (χ2v) is 8.37. The normalized spacial score (nSPS) is 19.9. The van der Waals surface area contributed by atoms with Crippen molar-refractivity contribution in [3.8, 4) is 0 Å². The van der Waals surface area contributed by atoms with Crippen LogP contribution in [0, 0.1) is 13.8 Å². The van der Waals surface area contributed by atoms with E-state index < -0.39 is 0 Å². The predicted octanol–water partition coefficient (Wildman–Crippen LogP) is 2.94. The molecule has 2 heterocycles. The number of urea groups is 1. The zero-order valence-electron chi connectivity index (χ0n) is 17.8. The fourth-order valence-corrected chi connectivity index (χ4v) is 4.16. The number of hydrogen-bond donors (Lipinski definition) is 1. The Kier molecular flexibility index (Phi) is 6.04. The van der Waals surface area contributed by atoms with E-state index in [1.807, 2.05) is 29.2 Å². The minimum atomic E-state index is -0.144. The van der Waals surface area contributed by atoms with Gasteiger partial charge in [-0.05, 0) is 42.7 Å². The topological polar surface area (TPSA) is 55.9 Å². The van der Waals surface area contributed by atoms with E-state index in [4.69, 9.17) is 0 Å². The molecule has 2 aromatic carbocycles. The van der Waals surface area contributed by atoms with Crippen LogP contribution in [0.2, 0.25) is 0 Å². The third kappa shape index (κ3) is 4.65. The van der Waals surface area contributed by atoms with Crippen molar-refractivity contribution in [2.45, 2.75) is 32.9 Å². The highest BCUT2D eigenvalue weighted by molar-refractivity contribution is 5.97. The van der Waals surface area contributed by atoms with Crippen molar-refractivity contribution in [2.24, 2.45) is 0 Å². The summed E-state index contributed by atoms with van der Waals surface area (Å²) in [4.78, 5) is 31.3. The summed E-state index contributed by atoms with van der Waals surface area (Å²) in [5, 5.41) is 3.08. The van der Waals surface area contributed by atoms with Crippen LogP contribution in [-0.2, 0) is 11.3 Å². The Labute approximate surface area is 178 Å². The van der Waals surface area contributed by atoms with Gasteiger partial charge in [0.1, 0.15) is 0 Å². The van der Waals surface area contributed by atoms with E-state index in [0.717, 1.165) is 25.3 Å². The van der Waals surface area contributed by atoms with Crippen LogP contribution in [0.5, 0.6) is 0 Å². The number of carbonyl (C=O) groups is 2. The first-order valence-electron chi connectivity index (χ1n) is 10.7. The number of aryl methyl sites for hydroxylation is 2. The number of rotatable bonds is 4. The van der Waals surface area contributed by atoms with Crippen molar-refractivity contribution < 1.29 is 9.59 Å². The SMILES string of the molecule is Cc1ccc(N2CC(NC(=O)N3CCN(Cc4ccccc4)CC3)CC2=O)cc1C. The van der Waals surface area contributed by atoms with Gasteiger partial charge in [0.25, 0.3) is 0 Å². The minimum absolute atomic E-state index is 0.0610. The van der Waals surface area contributed by atoms with Gasteiger partial charge in [0.15, 0.2) is 0 Å². The van der Waals surface area contributed by atoms with Crippen LogP contribution >= 0.6 is 0 Å². The molecule has 6 heteroatoms. The molecular weight excluding hydrogens is 376 g/mol. The van der Waals surface area contributed by atoms with Gasteiger partial charge in [0, 0.05) is 51.4 Å². The summed E-state index contributed by atoms with van der Waals surface area (Å²) in [6.07, 6.45) is 0.354. The summed E-state index contributed by atoms with van der Waals surface area (Å²) < 4.78 is 0. The molecule has 4 rings (SSSR count). The van der Waals surface area contributed by atoms with Gasteiger partial charge < -0.3 is 15.1 Å². The molecule has 30 heavy (non-hydrogen) atoms. The van der Waals surface area contributed by atoms with E-state index in [0.29, 0.717) is 26.1 Å². The number of benzene rings is 2. The number of nitrogens with zero attached hydrogens (tertiary/aromatic N) is 3. The van der Waals surface area contributed by atoms with E-state index in [1.54, 1.807) is 4.90 Å². The van der Waals surface area contributed by atoms with Crippen molar-refractivity contribution in [1.29, 1.82) is 0 Å². The molecule has 2 fully saturated rings. The monoisotopic (exact) mass is 406 g/mol. The highest BCUT2D eigenvalue weighted by atomic mass is 16.2. The maximum atomic E-state index is 12.7. The first-order chi connectivity index (χ1) is 14.5. The van der Waals surface area contributed by atoms with E-state index in [1.165, 1.54) is 16.7 Å². The van der Waals surface area contributed by atoms with E-state index in [9.17, 15) is 9.59 Å². The van der Waals surface area contributed by atoms with Gasteiger partial charge in [0.2, 0.25) is 5.91 Å². The van der Waals surface area contributed by atoms with E-state index in [2.05, 4.69) is 48.3 Å². The third-order valence-corrected chi connectivity index (χ3v) is 6.16. The standard InChI is InChI=1S/C24H30N4O2/c1-18-8-9-22(14-19(18)2)28-17-21(15-23(28)29)25-24(30)27-12-10-26(11-13-27)16-20-6-4-3-5-7-20/h3-9,14,21H,10-13,15-17H2,1-2H3,(H,25,30). The number of anilines is 1. The largest absolute Gasteiger partial charge is 0.333 e. The minimum Gasteiger partial charge on any atom is -0.333 e. The predicted molar refractivity (Wildman–Crippen MR) is 118 cm³/mol. The maximum absolute atomic E-state index is 12.7. The molecule has 1 atom stereocenters. The summed E-state index contributed by atoms with van der Waals surface area (Å²) >= 11 is 0. The summed E-state index contributed by atoms with van der Waals surface area (Å²) in [6, 6.07) is 16.3. The van der Waals surface area contributed by atoms with Crippen molar-refractivity contribution in [1.82, 2.24) is 15.1 Å². The molecule has 0 aliphatic carbocycles. The van der Waals surface area contributed by atoms with E-state index in [-0.39, 0.29) is 18.0 Å². The number of hydrogen-bond acceptors (Lipinski definition) is 3. The summed E-state index contributed by atoms with van der Waals surface area (Å²) in [6.45, 7) is 8.70. The lowest BCUT2D eigenvalue weighted by molar-refractivity contribution is -0.117. The van der Waals surface area contributed by atoms with Crippen LogP contribution in [0.1, 0.15) is 23.1 Å². The van der Waals surface area contributed by atoms with Gasteiger partial charge in [-0.1, -0.05) is 36.4 Å². The average molecular weight is 407 g/mol. The van der Waals surface area contributed by atoms with Crippen LogP contribution in [0.3, 0.4) is 0 Å². The summed E-state index contributed by atoms with van der Waals surface area (Å²) in [7, 11) is 0. The van der Waals surface area contributed by atoms with Crippen LogP contribution in [0.25, 0.3) is 0 Å². The van der Waals surface area contributed by atoms with Crippen molar-refractivity contribution in [3.63, 3.8) is 0 Å². The van der Waals surface area contributed by atoms with Gasteiger partial charge in [0.05, 0.1) is 6.04 Å². The molecule has 0 saturated carbocycles. The fourth-order valence-electron chi connectivity index (χ4n) is 4.16. The van der Waals surface area contributed by atoms with Crippen LogP contribution < -0.4 is 10.2 Å². The lowest BCUT2D eigenvalue weighted by atomic mass is 10.1. The first-order valence-corrected chi connectivity index (χ1v) is 10.7. The smallest absolute Gasteiger partial charge is 0.317 e. The van der Waals surface area contributed by atoms with Crippen LogP contribution in [0.15, 0.2) is 48.5 Å². The second-order valence-electron chi connectivity index (χ2n) is 8.37. The number of carbonyl (C=O) groups excluding carboxylic acids is 2. The third-order valence-electron chi connectivity index (χ3n) is 6.16. The Morgan fingerprint density at radius 3 is 2.43 bits per heavy atom. The van der Waals surface area contributed by atoms with Crippen molar-refractivity contribution >= 4 is 17.6 Å². The lowest BCUT2D eigenvalue weighted by Gasteiger charge is -2.35. The molecule has 3 amide bonds. The maximum Gasteiger partial charge on any atom is 0.317 e. The molecule has 0 bridgehead atoms. The first kappa shape index (κ1) is 20.4. The van der Waals surface area contributed by atoms with Gasteiger partial charge in [-0.2, -0.15) is 0 Å². The van der Waals surface area contributed by atoms with Gasteiger partial charge in [-0.15, -0.1) is 0 Å². The van der Waals surface area contributed by atoms with E-state index >= 15 is 0 Å². The van der Waals surface area contributed by atoms with Crippen molar-refractivity contribution in [3.05, 3.63) is 65.2 Å². The molecule has 0 spiro atoms. The van der Waals surface area contributed by atoms with Gasteiger partial charge in [-0.25, -0.2) is 4.79 Å². The fraction of sp³-hybridized carbons (Fsp3) is 0.417. The highest BCUT2D eigenvalue weighted by Crippen LogP contribution is 2.24. The number of nitrogens with one attached hydrogen (secondary N) is 1. The number of amides is 3. The Morgan fingerprint density at radius 2 is 1.73 bits per heavy atom. The molecule has 2 aromatic rings. The molecule has 1 unspecified atom stereocenters. The Morgan fingerprint density at radius 1 is 1.00 bits per heavy atom. The van der Waals surface area contributed by atoms with Crippen LogP contribution in [-0.4, -0.2) is 60.5 Å². The number of piperazine rings is 1. The molecule has 0 radical (unpaired) electrons. The highest BCUT2D eigenvalue weighted by Gasteiger charge is 2.33. The van der Waals surface area contributed by atoms with Gasteiger partial charge in [-0.3, -0.25) is 9.69 Å². The summed E-state index contributed by atoms with van der Waals surface area (Å²) in [5.41, 5.74) is 4.59.